The van der Waals surface area contributed by atoms with E-state index in [0.29, 0.717) is 16.3 Å². The molecular formula is C16H15F3N2O3S2. The second kappa shape index (κ2) is 7.92. The van der Waals surface area contributed by atoms with Crippen LogP contribution >= 0.6 is 23.6 Å². The van der Waals surface area contributed by atoms with E-state index >= 15 is 0 Å². The molecular weight excluding hydrogens is 389 g/mol. The zero-order chi connectivity index (χ0) is 19.5. The molecule has 0 aliphatic carbocycles. The molecule has 1 aromatic carbocycles. The van der Waals surface area contributed by atoms with Gasteiger partial charge < -0.3 is 20.1 Å². The summed E-state index contributed by atoms with van der Waals surface area (Å²) >= 11 is 6.54. The molecule has 0 radical (unpaired) electrons. The number of thiocarbonyl (C=S) groups is 1. The number of halogens is 3. The fraction of sp³-hybridized carbons (Fsp3) is 0.250. The molecule has 0 fully saturated rings. The summed E-state index contributed by atoms with van der Waals surface area (Å²) in [4.78, 5) is 12.9. The van der Waals surface area contributed by atoms with Crippen molar-refractivity contribution in [3.05, 3.63) is 40.3 Å². The number of ether oxygens (including phenoxy) is 2. The summed E-state index contributed by atoms with van der Waals surface area (Å²) in [5, 5.41) is 6.46. The number of thiophene rings is 1. The second-order valence-electron chi connectivity index (χ2n) is 5.13. The van der Waals surface area contributed by atoms with E-state index in [-0.39, 0.29) is 10.9 Å². The molecule has 140 valence electrons. The van der Waals surface area contributed by atoms with Gasteiger partial charge in [0.1, 0.15) is 10.8 Å². The van der Waals surface area contributed by atoms with Gasteiger partial charge in [0, 0.05) is 10.6 Å². The Labute approximate surface area is 157 Å². The second-order valence-corrected chi connectivity index (χ2v) is 6.76. The molecule has 0 unspecified atom stereocenters. The third-order valence-electron chi connectivity index (χ3n) is 3.35. The van der Waals surface area contributed by atoms with E-state index in [1.165, 1.54) is 30.6 Å². The van der Waals surface area contributed by atoms with Gasteiger partial charge >= 0.3 is 12.3 Å². The van der Waals surface area contributed by atoms with Gasteiger partial charge in [-0.15, -0.1) is 24.5 Å². The van der Waals surface area contributed by atoms with Crippen LogP contribution in [0.3, 0.4) is 0 Å². The van der Waals surface area contributed by atoms with Crippen LogP contribution in [-0.2, 0) is 4.74 Å². The highest BCUT2D eigenvalue weighted by Crippen LogP contribution is 2.33. The van der Waals surface area contributed by atoms with Gasteiger partial charge in [-0.2, -0.15) is 0 Å². The highest BCUT2D eigenvalue weighted by molar-refractivity contribution is 7.80. The molecule has 0 saturated carbocycles. The minimum Gasteiger partial charge on any atom is -0.465 e. The Hall–Kier alpha value is -2.33. The molecule has 1 aromatic heterocycles. The Bertz CT molecular complexity index is 817. The van der Waals surface area contributed by atoms with Crippen LogP contribution in [0.15, 0.2) is 24.3 Å². The number of esters is 1. The fourth-order valence-corrected chi connectivity index (χ4v) is 3.41. The third kappa shape index (κ3) is 5.09. The number of carbonyl (C=O) groups is 1. The van der Waals surface area contributed by atoms with Crippen molar-refractivity contribution in [2.75, 3.05) is 17.7 Å². The number of hydrogen-bond donors (Lipinski definition) is 2. The minimum atomic E-state index is -4.75. The van der Waals surface area contributed by atoms with E-state index in [0.717, 1.165) is 22.6 Å². The molecule has 0 atom stereocenters. The molecule has 0 spiro atoms. The van der Waals surface area contributed by atoms with Crippen LogP contribution < -0.4 is 15.4 Å². The lowest BCUT2D eigenvalue weighted by Crippen LogP contribution is -2.20. The molecule has 0 bridgehead atoms. The SMILES string of the molecule is COC(=O)c1c(NC(=S)Nc2ccc(OC(F)(F)F)cc2)sc(C)c1C. The Morgan fingerprint density at radius 3 is 2.31 bits per heavy atom. The summed E-state index contributed by atoms with van der Waals surface area (Å²) in [6, 6.07) is 5.11. The summed E-state index contributed by atoms with van der Waals surface area (Å²) in [5.41, 5.74) is 1.65. The predicted molar refractivity (Wildman–Crippen MR) is 98.1 cm³/mol. The number of nitrogens with one attached hydrogen (secondary N) is 2. The Kier molecular flexibility index (Phi) is 6.09. The van der Waals surface area contributed by atoms with E-state index in [4.69, 9.17) is 17.0 Å². The third-order valence-corrected chi connectivity index (χ3v) is 4.67. The first-order valence-corrected chi connectivity index (χ1v) is 8.45. The van der Waals surface area contributed by atoms with Crippen molar-refractivity contribution >= 4 is 45.3 Å². The van der Waals surface area contributed by atoms with Crippen LogP contribution in [0.1, 0.15) is 20.8 Å². The van der Waals surface area contributed by atoms with Gasteiger partial charge in [-0.1, -0.05) is 0 Å². The van der Waals surface area contributed by atoms with Crippen molar-refractivity contribution in [3.63, 3.8) is 0 Å². The first-order valence-electron chi connectivity index (χ1n) is 7.23. The maximum atomic E-state index is 12.2. The van der Waals surface area contributed by atoms with E-state index in [2.05, 4.69) is 15.4 Å². The first kappa shape index (κ1) is 20.0. The number of methoxy groups -OCH3 is 1. The Morgan fingerprint density at radius 1 is 1.15 bits per heavy atom. The molecule has 2 N–H and O–H groups in total. The predicted octanol–water partition coefficient (Wildman–Crippen LogP) is 4.86. The zero-order valence-corrected chi connectivity index (χ0v) is 15.6. The lowest BCUT2D eigenvalue weighted by molar-refractivity contribution is -0.274. The highest BCUT2D eigenvalue weighted by Gasteiger charge is 2.31. The number of carbonyl (C=O) groups excluding carboxylic acids is 1. The van der Waals surface area contributed by atoms with Gasteiger partial charge in [-0.25, -0.2) is 4.79 Å². The fourth-order valence-electron chi connectivity index (χ4n) is 2.07. The van der Waals surface area contributed by atoms with Crippen molar-refractivity contribution in [2.45, 2.75) is 20.2 Å². The van der Waals surface area contributed by atoms with Crippen LogP contribution in [-0.4, -0.2) is 24.6 Å². The number of hydrogen-bond acceptors (Lipinski definition) is 5. The van der Waals surface area contributed by atoms with Gasteiger partial charge in [0.2, 0.25) is 0 Å². The molecule has 2 rings (SSSR count). The van der Waals surface area contributed by atoms with E-state index < -0.39 is 12.3 Å². The van der Waals surface area contributed by atoms with Crippen molar-refractivity contribution in [1.29, 1.82) is 0 Å². The lowest BCUT2D eigenvalue weighted by atomic mass is 10.1. The Morgan fingerprint density at radius 2 is 1.77 bits per heavy atom. The average molecular weight is 404 g/mol. The van der Waals surface area contributed by atoms with Crippen molar-refractivity contribution in [3.8, 4) is 5.75 Å². The standard InChI is InChI=1S/C16H15F3N2O3S2/c1-8-9(2)26-13(12(8)14(22)23-3)21-15(25)20-10-4-6-11(7-5-10)24-16(17,18)19/h4-7H,1-3H3,(H2,20,21,25). The molecule has 0 aliphatic rings. The zero-order valence-electron chi connectivity index (χ0n) is 14.0. The topological polar surface area (TPSA) is 59.6 Å². The van der Waals surface area contributed by atoms with Crippen LogP contribution in [0.4, 0.5) is 23.9 Å². The molecule has 5 nitrogen and oxygen atoms in total. The quantitative estimate of drug-likeness (QED) is 0.561. The average Bonchev–Trinajstić information content (AvgIpc) is 2.81. The number of anilines is 2. The van der Waals surface area contributed by atoms with Gasteiger partial charge in [-0.05, 0) is 55.9 Å². The molecule has 0 amide bonds. The van der Waals surface area contributed by atoms with E-state index in [1.54, 1.807) is 6.92 Å². The first-order chi connectivity index (χ1) is 12.1. The Balaban J connectivity index is 2.08. The molecule has 0 aliphatic heterocycles. The van der Waals surface area contributed by atoms with Crippen LogP contribution in [0.2, 0.25) is 0 Å². The summed E-state index contributed by atoms with van der Waals surface area (Å²) in [6.07, 6.45) is -4.75. The molecule has 10 heteroatoms. The normalized spacial score (nSPS) is 11.0. The summed E-state index contributed by atoms with van der Waals surface area (Å²) < 4.78 is 45.1. The van der Waals surface area contributed by atoms with Gasteiger partial charge in [-0.3, -0.25) is 0 Å². The number of benzene rings is 1. The number of rotatable bonds is 4. The largest absolute Gasteiger partial charge is 0.573 e. The molecule has 0 saturated heterocycles. The maximum Gasteiger partial charge on any atom is 0.573 e. The maximum absolute atomic E-state index is 12.2. The summed E-state index contributed by atoms with van der Waals surface area (Å²) in [6.45, 7) is 3.67. The van der Waals surface area contributed by atoms with Gasteiger partial charge in [0.15, 0.2) is 5.11 Å². The summed E-state index contributed by atoms with van der Waals surface area (Å²) in [7, 11) is 1.29. The van der Waals surface area contributed by atoms with Gasteiger partial charge in [0.25, 0.3) is 0 Å². The molecule has 26 heavy (non-hydrogen) atoms. The van der Waals surface area contributed by atoms with Crippen LogP contribution in [0, 0.1) is 13.8 Å². The van der Waals surface area contributed by atoms with Crippen LogP contribution in [0.5, 0.6) is 5.75 Å². The summed E-state index contributed by atoms with van der Waals surface area (Å²) in [5.74, 6) is -0.815. The van der Waals surface area contributed by atoms with E-state index in [9.17, 15) is 18.0 Å². The smallest absolute Gasteiger partial charge is 0.465 e. The monoisotopic (exact) mass is 404 g/mol. The molecule has 1 heterocycles. The van der Waals surface area contributed by atoms with Crippen molar-refractivity contribution in [1.82, 2.24) is 0 Å². The molecule has 2 aromatic rings. The highest BCUT2D eigenvalue weighted by atomic mass is 32.1. The minimum absolute atomic E-state index is 0.181. The van der Waals surface area contributed by atoms with E-state index in [1.807, 2.05) is 6.92 Å². The lowest BCUT2D eigenvalue weighted by Gasteiger charge is -2.12. The van der Waals surface area contributed by atoms with Gasteiger partial charge in [0.05, 0.1) is 12.7 Å². The van der Waals surface area contributed by atoms with Crippen molar-refractivity contribution < 1.29 is 27.4 Å². The van der Waals surface area contributed by atoms with Crippen LogP contribution in [0.25, 0.3) is 0 Å². The number of alkyl halides is 3. The van der Waals surface area contributed by atoms with Crippen molar-refractivity contribution in [2.24, 2.45) is 0 Å². The number of aryl methyl sites for hydroxylation is 1.